The van der Waals surface area contributed by atoms with Crippen molar-refractivity contribution in [2.45, 2.75) is 13.1 Å². The molecule has 0 fully saturated rings. The number of rotatable bonds is 7. The summed E-state index contributed by atoms with van der Waals surface area (Å²) in [5, 5.41) is 16.6. The van der Waals surface area contributed by atoms with Gasteiger partial charge in [-0.05, 0) is 42.8 Å². The quantitative estimate of drug-likeness (QED) is 0.507. The molecule has 3 aromatic rings. The predicted molar refractivity (Wildman–Crippen MR) is 104 cm³/mol. The van der Waals surface area contributed by atoms with E-state index >= 15 is 0 Å². The molecule has 0 aromatic carbocycles. The summed E-state index contributed by atoms with van der Waals surface area (Å²) < 4.78 is 37.5. The first kappa shape index (κ1) is 21.0. The Bertz CT molecular complexity index is 975. The van der Waals surface area contributed by atoms with E-state index in [0.717, 1.165) is 23.9 Å². The Morgan fingerprint density at radius 3 is 2.23 bits per heavy atom. The third-order valence-electron chi connectivity index (χ3n) is 3.86. The molecule has 0 bridgehead atoms. The van der Waals surface area contributed by atoms with E-state index in [4.69, 9.17) is 0 Å². The van der Waals surface area contributed by atoms with Gasteiger partial charge in [0.25, 0.3) is 5.91 Å². The number of nitrogens with one attached hydrogen (secondary N) is 3. The third kappa shape index (κ3) is 5.87. The summed E-state index contributed by atoms with van der Waals surface area (Å²) in [6.07, 6.45) is -1.91. The first-order chi connectivity index (χ1) is 14.3. The molecule has 0 aliphatic rings. The average Bonchev–Trinajstić information content (AvgIpc) is 2.73. The summed E-state index contributed by atoms with van der Waals surface area (Å²) in [5.74, 6) is 1.16. The average molecular weight is 417 g/mol. The van der Waals surface area contributed by atoms with Crippen LogP contribution >= 0.6 is 0 Å². The van der Waals surface area contributed by atoms with E-state index in [1.54, 1.807) is 18.3 Å². The van der Waals surface area contributed by atoms with Crippen LogP contribution in [0.1, 0.15) is 21.6 Å². The van der Waals surface area contributed by atoms with E-state index in [-0.39, 0.29) is 12.1 Å². The van der Waals surface area contributed by atoms with Crippen LogP contribution in [-0.4, -0.2) is 39.2 Å². The highest BCUT2D eigenvalue weighted by Gasteiger charge is 2.32. The molecular weight excluding hydrogens is 399 g/mol. The maximum atomic E-state index is 12.5. The molecule has 0 atom stereocenters. The van der Waals surface area contributed by atoms with Crippen molar-refractivity contribution < 1.29 is 18.0 Å². The number of pyridine rings is 2. The van der Waals surface area contributed by atoms with E-state index in [9.17, 15) is 18.0 Å². The highest BCUT2D eigenvalue weighted by Crippen LogP contribution is 2.27. The van der Waals surface area contributed by atoms with E-state index in [2.05, 4.69) is 36.1 Å². The maximum Gasteiger partial charge on any atom is 0.433 e. The molecule has 30 heavy (non-hydrogen) atoms. The van der Waals surface area contributed by atoms with Crippen LogP contribution in [0.4, 0.5) is 30.6 Å². The number of halogens is 3. The van der Waals surface area contributed by atoms with Crippen molar-refractivity contribution >= 4 is 23.4 Å². The van der Waals surface area contributed by atoms with Crippen molar-refractivity contribution in [3.63, 3.8) is 0 Å². The van der Waals surface area contributed by atoms with Gasteiger partial charge in [-0.15, -0.1) is 10.2 Å². The van der Waals surface area contributed by atoms with Crippen LogP contribution in [0.5, 0.6) is 0 Å². The minimum atomic E-state index is -4.54. The summed E-state index contributed by atoms with van der Waals surface area (Å²) in [6, 6.07) is 9.05. The number of hydrogen-bond donors (Lipinski definition) is 3. The monoisotopic (exact) mass is 417 g/mol. The first-order valence-corrected chi connectivity index (χ1v) is 8.90. The second-order valence-corrected chi connectivity index (χ2v) is 6.26. The molecule has 0 unspecified atom stereocenters. The fourth-order valence-electron chi connectivity index (χ4n) is 2.33. The van der Waals surface area contributed by atoms with Crippen molar-refractivity contribution in [1.29, 1.82) is 0 Å². The number of amides is 1. The van der Waals surface area contributed by atoms with Gasteiger partial charge in [-0.3, -0.25) is 9.78 Å². The molecule has 8 nitrogen and oxygen atoms in total. The number of nitrogens with zero attached hydrogens (tertiary/aromatic N) is 4. The molecule has 3 rings (SSSR count). The number of anilines is 3. The molecule has 0 aliphatic carbocycles. The second-order valence-electron chi connectivity index (χ2n) is 6.26. The predicted octanol–water partition coefficient (Wildman–Crippen LogP) is 3.18. The number of carbonyl (C=O) groups is 1. The normalized spacial score (nSPS) is 11.1. The zero-order valence-electron chi connectivity index (χ0n) is 15.9. The second kappa shape index (κ2) is 9.16. The minimum absolute atomic E-state index is 0.0444. The van der Waals surface area contributed by atoms with Crippen molar-refractivity contribution in [3.05, 3.63) is 65.6 Å². The summed E-state index contributed by atoms with van der Waals surface area (Å²) in [6.45, 7) is 2.52. The SMILES string of the molecule is Cc1ccc(Nc2ccc(NCCNC(=O)c3ccc(C(F)(F)F)nc3)nn2)nc1. The van der Waals surface area contributed by atoms with E-state index in [1.807, 2.05) is 19.1 Å². The molecule has 11 heteroatoms. The van der Waals surface area contributed by atoms with Gasteiger partial charge in [0.1, 0.15) is 17.3 Å². The van der Waals surface area contributed by atoms with Gasteiger partial charge in [0.2, 0.25) is 0 Å². The van der Waals surface area contributed by atoms with E-state index in [1.165, 1.54) is 0 Å². The van der Waals surface area contributed by atoms with Crippen LogP contribution in [0, 0.1) is 6.92 Å². The van der Waals surface area contributed by atoms with Crippen molar-refractivity contribution in [1.82, 2.24) is 25.5 Å². The molecule has 0 saturated carbocycles. The molecule has 0 aliphatic heterocycles. The van der Waals surface area contributed by atoms with Crippen LogP contribution in [0.2, 0.25) is 0 Å². The Morgan fingerprint density at radius 2 is 1.63 bits per heavy atom. The van der Waals surface area contributed by atoms with Gasteiger partial charge in [-0.1, -0.05) is 6.07 Å². The standard InChI is InChI=1S/C19H18F3N7O/c1-12-2-5-15(26-10-12)27-17-7-6-16(28-29-17)23-8-9-24-18(30)13-3-4-14(25-11-13)19(20,21)22/h2-7,10-11H,8-9H2,1H3,(H,23,28)(H,24,30)(H,26,27,29). The zero-order valence-corrected chi connectivity index (χ0v) is 15.9. The molecule has 156 valence electrons. The summed E-state index contributed by atoms with van der Waals surface area (Å²) in [5.41, 5.74) is 0.0474. The fraction of sp³-hybridized carbons (Fsp3) is 0.211. The Balaban J connectivity index is 1.42. The zero-order chi connectivity index (χ0) is 21.6. The van der Waals surface area contributed by atoms with Crippen LogP contribution < -0.4 is 16.0 Å². The molecule has 0 radical (unpaired) electrons. The van der Waals surface area contributed by atoms with Gasteiger partial charge in [0.05, 0.1) is 5.56 Å². The van der Waals surface area contributed by atoms with Crippen LogP contribution in [0.3, 0.4) is 0 Å². The summed E-state index contributed by atoms with van der Waals surface area (Å²) in [7, 11) is 0. The van der Waals surface area contributed by atoms with Gasteiger partial charge in [-0.25, -0.2) is 4.98 Å². The summed E-state index contributed by atoms with van der Waals surface area (Å²) >= 11 is 0. The van der Waals surface area contributed by atoms with Crippen molar-refractivity contribution in [2.24, 2.45) is 0 Å². The van der Waals surface area contributed by atoms with Crippen molar-refractivity contribution in [3.8, 4) is 0 Å². The summed E-state index contributed by atoms with van der Waals surface area (Å²) in [4.78, 5) is 19.4. The van der Waals surface area contributed by atoms with Gasteiger partial charge in [0.15, 0.2) is 5.82 Å². The number of aryl methyl sites for hydroxylation is 1. The van der Waals surface area contributed by atoms with Gasteiger partial charge >= 0.3 is 6.18 Å². The Hall–Kier alpha value is -3.76. The smallest absolute Gasteiger partial charge is 0.367 e. The first-order valence-electron chi connectivity index (χ1n) is 8.90. The van der Waals surface area contributed by atoms with Gasteiger partial charge < -0.3 is 16.0 Å². The lowest BCUT2D eigenvalue weighted by Gasteiger charge is -2.09. The van der Waals surface area contributed by atoms with E-state index in [0.29, 0.717) is 24.0 Å². The highest BCUT2D eigenvalue weighted by atomic mass is 19.4. The Labute approximate surface area is 170 Å². The molecular formula is C19H18F3N7O. The fourth-order valence-corrected chi connectivity index (χ4v) is 2.33. The molecule has 0 saturated heterocycles. The van der Waals surface area contributed by atoms with Crippen LogP contribution in [0.15, 0.2) is 48.8 Å². The van der Waals surface area contributed by atoms with Crippen LogP contribution in [-0.2, 0) is 6.18 Å². The molecule has 0 spiro atoms. The number of aromatic nitrogens is 4. The molecule has 1 amide bonds. The van der Waals surface area contributed by atoms with Gasteiger partial charge in [-0.2, -0.15) is 13.2 Å². The maximum absolute atomic E-state index is 12.5. The topological polar surface area (TPSA) is 105 Å². The van der Waals surface area contributed by atoms with Crippen LogP contribution in [0.25, 0.3) is 0 Å². The lowest BCUT2D eigenvalue weighted by atomic mass is 10.2. The number of carbonyl (C=O) groups excluding carboxylic acids is 1. The molecule has 3 N–H and O–H groups in total. The minimum Gasteiger partial charge on any atom is -0.367 e. The molecule has 3 heterocycles. The number of hydrogen-bond acceptors (Lipinski definition) is 7. The van der Waals surface area contributed by atoms with Crippen molar-refractivity contribution in [2.75, 3.05) is 23.7 Å². The lowest BCUT2D eigenvalue weighted by Crippen LogP contribution is -2.29. The largest absolute Gasteiger partial charge is 0.433 e. The Kier molecular flexibility index (Phi) is 6.40. The Morgan fingerprint density at radius 1 is 0.900 bits per heavy atom. The number of alkyl halides is 3. The lowest BCUT2D eigenvalue weighted by molar-refractivity contribution is -0.141. The molecule has 3 aromatic heterocycles. The van der Waals surface area contributed by atoms with E-state index < -0.39 is 17.8 Å². The third-order valence-corrected chi connectivity index (χ3v) is 3.86. The highest BCUT2D eigenvalue weighted by molar-refractivity contribution is 5.93. The van der Waals surface area contributed by atoms with Gasteiger partial charge in [0, 0.05) is 25.5 Å².